The number of hydrogen-bond donors (Lipinski definition) is 0. The fourth-order valence-corrected chi connectivity index (χ4v) is 3.79. The van der Waals surface area contributed by atoms with Crippen LogP contribution in [-0.4, -0.2) is 9.55 Å². The molecule has 1 fully saturated rings. The number of halogens is 2. The topological polar surface area (TPSA) is 17.8 Å². The van der Waals surface area contributed by atoms with Crippen molar-refractivity contribution in [2.45, 2.75) is 58.4 Å². The summed E-state index contributed by atoms with van der Waals surface area (Å²) in [7, 11) is 0. The van der Waals surface area contributed by atoms with Crippen LogP contribution in [-0.2, 0) is 0 Å². The normalized spacial score (nSPS) is 22.9. The Hall–Kier alpha value is -1.09. The van der Waals surface area contributed by atoms with E-state index in [1.165, 1.54) is 18.9 Å². The summed E-state index contributed by atoms with van der Waals surface area (Å²) in [5, 5.41) is -0.183. The zero-order valence-corrected chi connectivity index (χ0v) is 13.8. The van der Waals surface area contributed by atoms with Crippen LogP contribution in [0.1, 0.15) is 62.8 Å². The molecule has 0 aliphatic heterocycles. The SMILES string of the molecule is Cc1cc2c(cc1F)nc(C(C)Cl)n2C1CCCC1(C)C. The Morgan fingerprint density at radius 3 is 2.71 bits per heavy atom. The molecule has 2 atom stereocenters. The van der Waals surface area contributed by atoms with Crippen LogP contribution >= 0.6 is 11.6 Å². The third-order valence-electron chi connectivity index (χ3n) is 4.87. The fraction of sp³-hybridized carbons (Fsp3) is 0.588. The summed E-state index contributed by atoms with van der Waals surface area (Å²) in [4.78, 5) is 4.62. The predicted octanol–water partition coefficient (Wildman–Crippen LogP) is 5.53. The molecule has 1 aromatic heterocycles. The van der Waals surface area contributed by atoms with Crippen molar-refractivity contribution in [1.82, 2.24) is 9.55 Å². The number of nitrogens with zero attached hydrogens (tertiary/aromatic N) is 2. The zero-order chi connectivity index (χ0) is 15.4. The third kappa shape index (κ3) is 2.36. The number of hydrogen-bond acceptors (Lipinski definition) is 1. The Bertz CT molecular complexity index is 688. The molecule has 2 unspecified atom stereocenters. The number of rotatable bonds is 2. The number of benzene rings is 1. The van der Waals surface area contributed by atoms with Crippen LogP contribution in [0.2, 0.25) is 0 Å². The van der Waals surface area contributed by atoms with E-state index in [1.54, 1.807) is 6.92 Å². The highest BCUT2D eigenvalue weighted by Crippen LogP contribution is 2.48. The highest BCUT2D eigenvalue weighted by Gasteiger charge is 2.38. The lowest BCUT2D eigenvalue weighted by molar-refractivity contribution is 0.261. The van der Waals surface area contributed by atoms with Gasteiger partial charge in [-0.05, 0) is 43.7 Å². The highest BCUT2D eigenvalue weighted by atomic mass is 35.5. The van der Waals surface area contributed by atoms with E-state index in [1.807, 2.05) is 13.0 Å². The van der Waals surface area contributed by atoms with Gasteiger partial charge in [0.15, 0.2) is 0 Å². The number of imidazole rings is 1. The molecule has 2 aromatic rings. The molecule has 1 aliphatic carbocycles. The molecule has 2 nitrogen and oxygen atoms in total. The summed E-state index contributed by atoms with van der Waals surface area (Å²) in [5.41, 5.74) is 2.60. The second-order valence-electron chi connectivity index (χ2n) is 6.94. The van der Waals surface area contributed by atoms with Gasteiger partial charge in [-0.3, -0.25) is 0 Å². The molecular weight excluding hydrogens is 287 g/mol. The van der Waals surface area contributed by atoms with Crippen molar-refractivity contribution in [2.24, 2.45) is 5.41 Å². The van der Waals surface area contributed by atoms with Crippen molar-refractivity contribution in [2.75, 3.05) is 0 Å². The Morgan fingerprint density at radius 1 is 1.43 bits per heavy atom. The smallest absolute Gasteiger partial charge is 0.128 e. The molecule has 0 radical (unpaired) electrons. The van der Waals surface area contributed by atoms with Gasteiger partial charge in [-0.25, -0.2) is 9.37 Å². The monoisotopic (exact) mass is 308 g/mol. The molecule has 114 valence electrons. The lowest BCUT2D eigenvalue weighted by atomic mass is 9.87. The quantitative estimate of drug-likeness (QED) is 0.666. The summed E-state index contributed by atoms with van der Waals surface area (Å²) >= 11 is 6.35. The summed E-state index contributed by atoms with van der Waals surface area (Å²) < 4.78 is 16.1. The number of fused-ring (bicyclic) bond motifs is 1. The second kappa shape index (κ2) is 4.98. The average Bonchev–Trinajstić information content (AvgIpc) is 2.90. The fourth-order valence-electron chi connectivity index (χ4n) is 3.63. The molecule has 0 N–H and O–H groups in total. The first-order chi connectivity index (χ1) is 9.81. The van der Waals surface area contributed by atoms with Gasteiger partial charge in [0.25, 0.3) is 0 Å². The first-order valence-corrected chi connectivity index (χ1v) is 8.07. The van der Waals surface area contributed by atoms with Crippen molar-refractivity contribution < 1.29 is 4.39 Å². The maximum atomic E-state index is 13.8. The minimum Gasteiger partial charge on any atom is -0.323 e. The van der Waals surface area contributed by atoms with Crippen molar-refractivity contribution >= 4 is 22.6 Å². The molecule has 1 heterocycles. The number of aromatic nitrogens is 2. The molecule has 1 aromatic carbocycles. The maximum Gasteiger partial charge on any atom is 0.128 e. The number of aryl methyl sites for hydroxylation is 1. The molecule has 3 rings (SSSR count). The van der Waals surface area contributed by atoms with Crippen LogP contribution in [0.15, 0.2) is 12.1 Å². The van der Waals surface area contributed by atoms with Gasteiger partial charge < -0.3 is 4.57 Å². The van der Waals surface area contributed by atoms with Gasteiger partial charge in [-0.2, -0.15) is 0 Å². The van der Waals surface area contributed by atoms with Crippen LogP contribution in [0, 0.1) is 18.2 Å². The molecule has 0 spiro atoms. The summed E-state index contributed by atoms with van der Waals surface area (Å²) in [6, 6.07) is 3.82. The summed E-state index contributed by atoms with van der Waals surface area (Å²) in [6.45, 7) is 8.34. The Morgan fingerprint density at radius 2 is 2.14 bits per heavy atom. The van der Waals surface area contributed by atoms with Gasteiger partial charge in [-0.1, -0.05) is 20.3 Å². The van der Waals surface area contributed by atoms with Gasteiger partial charge in [0, 0.05) is 12.1 Å². The summed E-state index contributed by atoms with van der Waals surface area (Å²) in [6.07, 6.45) is 3.55. The molecule has 21 heavy (non-hydrogen) atoms. The largest absolute Gasteiger partial charge is 0.323 e. The van der Waals surface area contributed by atoms with Gasteiger partial charge >= 0.3 is 0 Å². The van der Waals surface area contributed by atoms with E-state index in [2.05, 4.69) is 23.4 Å². The third-order valence-corrected chi connectivity index (χ3v) is 5.06. The minimum absolute atomic E-state index is 0.183. The lowest BCUT2D eigenvalue weighted by Crippen LogP contribution is -2.23. The zero-order valence-electron chi connectivity index (χ0n) is 13.1. The van der Waals surface area contributed by atoms with E-state index in [0.29, 0.717) is 17.1 Å². The molecule has 4 heteroatoms. The highest BCUT2D eigenvalue weighted by molar-refractivity contribution is 6.20. The first-order valence-electron chi connectivity index (χ1n) is 7.63. The molecule has 1 saturated carbocycles. The maximum absolute atomic E-state index is 13.8. The molecular formula is C17H22ClFN2. The Kier molecular flexibility index (Phi) is 3.52. The Labute approximate surface area is 130 Å². The minimum atomic E-state index is -0.202. The van der Waals surface area contributed by atoms with Crippen LogP contribution < -0.4 is 0 Å². The average molecular weight is 309 g/mol. The molecule has 0 bridgehead atoms. The van der Waals surface area contributed by atoms with E-state index in [-0.39, 0.29) is 16.6 Å². The van der Waals surface area contributed by atoms with Crippen molar-refractivity contribution in [1.29, 1.82) is 0 Å². The van der Waals surface area contributed by atoms with Crippen LogP contribution in [0.5, 0.6) is 0 Å². The van der Waals surface area contributed by atoms with Crippen molar-refractivity contribution in [3.05, 3.63) is 29.3 Å². The lowest BCUT2D eigenvalue weighted by Gasteiger charge is -2.30. The van der Waals surface area contributed by atoms with Gasteiger partial charge in [-0.15, -0.1) is 11.6 Å². The van der Waals surface area contributed by atoms with Gasteiger partial charge in [0.1, 0.15) is 11.6 Å². The van der Waals surface area contributed by atoms with Crippen molar-refractivity contribution in [3.8, 4) is 0 Å². The van der Waals surface area contributed by atoms with Crippen LogP contribution in [0.25, 0.3) is 11.0 Å². The molecule has 1 aliphatic rings. The van der Waals surface area contributed by atoms with Gasteiger partial charge in [0.05, 0.1) is 16.4 Å². The second-order valence-corrected chi connectivity index (χ2v) is 7.60. The van der Waals surface area contributed by atoms with E-state index < -0.39 is 0 Å². The Balaban J connectivity index is 2.28. The number of alkyl halides is 1. The van der Waals surface area contributed by atoms with Crippen molar-refractivity contribution in [3.63, 3.8) is 0 Å². The van der Waals surface area contributed by atoms with E-state index in [9.17, 15) is 4.39 Å². The van der Waals surface area contributed by atoms with E-state index in [4.69, 9.17) is 11.6 Å². The van der Waals surface area contributed by atoms with Crippen LogP contribution in [0.4, 0.5) is 4.39 Å². The molecule has 0 saturated heterocycles. The van der Waals surface area contributed by atoms with E-state index in [0.717, 1.165) is 17.8 Å². The standard InChI is InChI=1S/C17H22ClFN2/c1-10-8-14-13(9-12(10)19)20-16(11(2)18)21(14)15-6-5-7-17(15,3)4/h8-9,11,15H,5-7H2,1-4H3. The van der Waals surface area contributed by atoms with Gasteiger partial charge in [0.2, 0.25) is 0 Å². The molecule has 0 amide bonds. The summed E-state index contributed by atoms with van der Waals surface area (Å²) in [5.74, 6) is 0.656. The first kappa shape index (κ1) is 14.8. The van der Waals surface area contributed by atoms with Crippen LogP contribution in [0.3, 0.4) is 0 Å². The predicted molar refractivity (Wildman–Crippen MR) is 85.4 cm³/mol. The van der Waals surface area contributed by atoms with E-state index >= 15 is 0 Å².